The van der Waals surface area contributed by atoms with Crippen molar-refractivity contribution < 1.29 is 24.9 Å². The van der Waals surface area contributed by atoms with Crippen LogP contribution < -0.4 is 0 Å². The molecule has 6 heteroatoms. The molecule has 16 heavy (non-hydrogen) atoms. The summed E-state index contributed by atoms with van der Waals surface area (Å²) >= 11 is 0. The van der Waals surface area contributed by atoms with E-state index >= 15 is 0 Å². The molecule has 0 aromatic rings. The predicted octanol–water partition coefficient (Wildman–Crippen LogP) is 0.601. The van der Waals surface area contributed by atoms with Crippen LogP contribution in [0.5, 0.6) is 0 Å². The van der Waals surface area contributed by atoms with E-state index in [4.69, 9.17) is 5.11 Å². The Morgan fingerprint density at radius 1 is 1.31 bits per heavy atom. The number of amides is 1. The summed E-state index contributed by atoms with van der Waals surface area (Å²) in [5, 5.41) is 27.9. The lowest BCUT2D eigenvalue weighted by molar-refractivity contribution is -0.155. The Morgan fingerprint density at radius 2 is 1.81 bits per heavy atom. The molecule has 1 aliphatic heterocycles. The molecular weight excluding hydrogens is 214 g/mol. The fourth-order valence-electron chi connectivity index (χ4n) is 2.36. The molecule has 1 heterocycles. The fourth-order valence-corrected chi connectivity index (χ4v) is 2.36. The highest BCUT2D eigenvalue weighted by Crippen LogP contribution is 2.44. The molecule has 0 aromatic heterocycles. The Morgan fingerprint density at radius 3 is 2.06 bits per heavy atom. The van der Waals surface area contributed by atoms with Crippen LogP contribution in [-0.4, -0.2) is 50.5 Å². The number of aliphatic hydroxyl groups is 1. The molecule has 0 bridgehead atoms. The second-order valence-corrected chi connectivity index (χ2v) is 5.17. The van der Waals surface area contributed by atoms with E-state index in [-0.39, 0.29) is 13.0 Å². The maximum Gasteiger partial charge on any atom is 0.408 e. The molecule has 6 nitrogen and oxygen atoms in total. The van der Waals surface area contributed by atoms with Gasteiger partial charge in [-0.1, -0.05) is 20.8 Å². The number of hydrogen-bond acceptors (Lipinski definition) is 3. The van der Waals surface area contributed by atoms with Crippen LogP contribution in [0.25, 0.3) is 0 Å². The van der Waals surface area contributed by atoms with Crippen LogP contribution >= 0.6 is 0 Å². The molecule has 0 spiro atoms. The summed E-state index contributed by atoms with van der Waals surface area (Å²) in [5.41, 5.74) is -2.34. The first kappa shape index (κ1) is 12.8. The van der Waals surface area contributed by atoms with Crippen molar-refractivity contribution in [1.82, 2.24) is 4.90 Å². The Balaban J connectivity index is 3.29. The van der Waals surface area contributed by atoms with Gasteiger partial charge in [-0.15, -0.1) is 0 Å². The van der Waals surface area contributed by atoms with Crippen LogP contribution in [0.15, 0.2) is 0 Å². The number of hydrogen-bond donors (Lipinski definition) is 3. The van der Waals surface area contributed by atoms with Crippen LogP contribution in [0.2, 0.25) is 0 Å². The minimum atomic E-state index is -1.56. The monoisotopic (exact) mass is 231 g/mol. The van der Waals surface area contributed by atoms with E-state index in [1.54, 1.807) is 20.8 Å². The Kier molecular flexibility index (Phi) is 2.89. The molecule has 0 aromatic carbocycles. The van der Waals surface area contributed by atoms with Gasteiger partial charge in [0.25, 0.3) is 0 Å². The summed E-state index contributed by atoms with van der Waals surface area (Å²) in [6.45, 7) is 4.83. The van der Waals surface area contributed by atoms with Gasteiger partial charge in [-0.05, 0) is 5.41 Å². The van der Waals surface area contributed by atoms with Crippen LogP contribution in [-0.2, 0) is 4.79 Å². The molecule has 2 atom stereocenters. The largest absolute Gasteiger partial charge is 0.479 e. The molecule has 92 valence electrons. The van der Waals surface area contributed by atoms with Gasteiger partial charge in [-0.3, -0.25) is 4.90 Å². The van der Waals surface area contributed by atoms with Crippen molar-refractivity contribution in [2.45, 2.75) is 38.8 Å². The first-order valence-electron chi connectivity index (χ1n) is 5.05. The van der Waals surface area contributed by atoms with Crippen molar-refractivity contribution >= 4 is 12.1 Å². The second-order valence-electron chi connectivity index (χ2n) is 5.17. The SMILES string of the molecule is CC(C)(C)[C@]1(C(=O)O)C[C@H](O)CN1C(=O)O. The van der Waals surface area contributed by atoms with Crippen LogP contribution in [0.4, 0.5) is 4.79 Å². The molecular formula is C10H17NO5. The smallest absolute Gasteiger partial charge is 0.408 e. The maximum atomic E-state index is 11.4. The van der Waals surface area contributed by atoms with Gasteiger partial charge in [0.2, 0.25) is 0 Å². The number of carboxylic acid groups (broad SMARTS) is 2. The summed E-state index contributed by atoms with van der Waals surface area (Å²) in [6.07, 6.45) is -2.31. The average molecular weight is 231 g/mol. The van der Waals surface area contributed by atoms with E-state index < -0.39 is 29.1 Å². The van der Waals surface area contributed by atoms with Crippen molar-refractivity contribution in [3.05, 3.63) is 0 Å². The summed E-state index contributed by atoms with van der Waals surface area (Å²) in [7, 11) is 0. The normalized spacial score (nSPS) is 30.5. The van der Waals surface area contributed by atoms with E-state index in [9.17, 15) is 19.8 Å². The minimum Gasteiger partial charge on any atom is -0.479 e. The quantitative estimate of drug-likeness (QED) is 0.614. The van der Waals surface area contributed by atoms with E-state index in [0.29, 0.717) is 0 Å². The molecule has 1 amide bonds. The Labute approximate surface area is 93.5 Å². The maximum absolute atomic E-state index is 11.4. The molecule has 3 N–H and O–H groups in total. The first-order valence-corrected chi connectivity index (χ1v) is 5.05. The van der Waals surface area contributed by atoms with Gasteiger partial charge in [-0.25, -0.2) is 9.59 Å². The fraction of sp³-hybridized carbons (Fsp3) is 0.800. The minimum absolute atomic E-state index is 0.0713. The molecule has 0 aliphatic carbocycles. The zero-order chi connectivity index (χ0) is 12.7. The van der Waals surface area contributed by atoms with Crippen molar-refractivity contribution in [3.63, 3.8) is 0 Å². The lowest BCUT2D eigenvalue weighted by Crippen LogP contribution is -2.60. The van der Waals surface area contributed by atoms with E-state index in [1.807, 2.05) is 0 Å². The van der Waals surface area contributed by atoms with E-state index in [2.05, 4.69) is 0 Å². The van der Waals surface area contributed by atoms with Gasteiger partial charge in [0.05, 0.1) is 12.6 Å². The van der Waals surface area contributed by atoms with Gasteiger partial charge in [0.1, 0.15) is 0 Å². The van der Waals surface area contributed by atoms with Gasteiger partial charge < -0.3 is 15.3 Å². The van der Waals surface area contributed by atoms with Gasteiger partial charge >= 0.3 is 12.1 Å². The van der Waals surface area contributed by atoms with Crippen molar-refractivity contribution in [2.75, 3.05) is 6.54 Å². The number of carbonyl (C=O) groups is 2. The summed E-state index contributed by atoms with van der Waals surface area (Å²) in [4.78, 5) is 23.3. The van der Waals surface area contributed by atoms with Crippen LogP contribution in [0, 0.1) is 5.41 Å². The van der Waals surface area contributed by atoms with E-state index in [0.717, 1.165) is 4.90 Å². The second kappa shape index (κ2) is 3.62. The lowest BCUT2D eigenvalue weighted by Gasteiger charge is -2.42. The highest BCUT2D eigenvalue weighted by atomic mass is 16.4. The number of carboxylic acids is 1. The topological polar surface area (TPSA) is 98.1 Å². The number of nitrogens with zero attached hydrogens (tertiary/aromatic N) is 1. The Bertz CT molecular complexity index is 322. The van der Waals surface area contributed by atoms with Gasteiger partial charge in [-0.2, -0.15) is 0 Å². The average Bonchev–Trinajstić information content (AvgIpc) is 2.42. The van der Waals surface area contributed by atoms with Crippen molar-refractivity contribution in [3.8, 4) is 0 Å². The summed E-state index contributed by atoms with van der Waals surface area (Å²) < 4.78 is 0. The number of likely N-dealkylation sites (tertiary alicyclic amines) is 1. The Hall–Kier alpha value is -1.30. The summed E-state index contributed by atoms with van der Waals surface area (Å²) in [5.74, 6) is -1.21. The van der Waals surface area contributed by atoms with Crippen LogP contribution in [0.3, 0.4) is 0 Å². The number of aliphatic hydroxyl groups excluding tert-OH is 1. The number of β-amino-alcohol motifs (C(OH)–C–C–N with tert-alkyl or cyclic N) is 1. The van der Waals surface area contributed by atoms with Crippen molar-refractivity contribution in [2.24, 2.45) is 5.41 Å². The predicted molar refractivity (Wildman–Crippen MR) is 55.2 cm³/mol. The molecule has 1 aliphatic rings. The third kappa shape index (κ3) is 1.63. The third-order valence-electron chi connectivity index (χ3n) is 3.21. The zero-order valence-electron chi connectivity index (χ0n) is 9.60. The van der Waals surface area contributed by atoms with E-state index in [1.165, 1.54) is 0 Å². The molecule has 0 radical (unpaired) electrons. The third-order valence-corrected chi connectivity index (χ3v) is 3.21. The molecule has 0 unspecified atom stereocenters. The zero-order valence-corrected chi connectivity index (χ0v) is 9.60. The molecule has 1 rings (SSSR count). The molecule has 1 fully saturated rings. The van der Waals surface area contributed by atoms with Crippen LogP contribution in [0.1, 0.15) is 27.2 Å². The highest BCUT2D eigenvalue weighted by molar-refractivity contribution is 5.85. The number of rotatable bonds is 1. The molecule has 1 saturated heterocycles. The standard InChI is InChI=1S/C10H17NO5/c1-9(2,3)10(7(13)14)4-6(12)5-11(10)8(15)16/h6,12H,4-5H2,1-3H3,(H,13,14)(H,15,16)/t6-,10+/m0/s1. The van der Waals surface area contributed by atoms with Crippen molar-refractivity contribution in [1.29, 1.82) is 0 Å². The highest BCUT2D eigenvalue weighted by Gasteiger charge is 2.60. The van der Waals surface area contributed by atoms with Gasteiger partial charge in [0.15, 0.2) is 5.54 Å². The first-order chi connectivity index (χ1) is 7.13. The van der Waals surface area contributed by atoms with Gasteiger partial charge in [0, 0.05) is 6.42 Å². The lowest BCUT2D eigenvalue weighted by atomic mass is 9.71. The number of aliphatic carboxylic acids is 1. The molecule has 0 saturated carbocycles. The summed E-state index contributed by atoms with van der Waals surface area (Å²) in [6, 6.07) is 0.